The van der Waals surface area contributed by atoms with Crippen LogP contribution in [0.5, 0.6) is 0 Å². The van der Waals surface area contributed by atoms with Gasteiger partial charge in [-0.25, -0.2) is 0 Å². The monoisotopic (exact) mass is 305 g/mol. The fourth-order valence-corrected chi connectivity index (χ4v) is 5.51. The first-order chi connectivity index (χ1) is 10.8. The van der Waals surface area contributed by atoms with E-state index >= 15 is 0 Å². The summed E-state index contributed by atoms with van der Waals surface area (Å²) < 4.78 is 0. The Morgan fingerprint density at radius 1 is 0.636 bits per heavy atom. The lowest BCUT2D eigenvalue weighted by Crippen LogP contribution is -2.44. The molecule has 2 unspecified atom stereocenters. The minimum absolute atomic E-state index is 0.924. The van der Waals surface area contributed by atoms with Gasteiger partial charge in [-0.15, -0.1) is 0 Å². The number of hydrogen-bond acceptors (Lipinski definition) is 1. The normalized spacial score (nSPS) is 32.5. The molecule has 1 nitrogen and oxygen atoms in total. The summed E-state index contributed by atoms with van der Waals surface area (Å²) in [6.45, 7) is 5.37. The molecule has 3 saturated carbocycles. The Bertz CT molecular complexity index is 281. The van der Waals surface area contributed by atoms with E-state index in [0.717, 1.165) is 23.8 Å². The van der Waals surface area contributed by atoms with Crippen LogP contribution in [0.4, 0.5) is 0 Å². The predicted octanol–water partition coefficient (Wildman–Crippen LogP) is 6.03. The van der Waals surface area contributed by atoms with Gasteiger partial charge in [0.05, 0.1) is 0 Å². The van der Waals surface area contributed by atoms with Gasteiger partial charge in [0.25, 0.3) is 0 Å². The average molecular weight is 306 g/mol. The van der Waals surface area contributed by atoms with E-state index < -0.39 is 0 Å². The third kappa shape index (κ3) is 4.98. The van der Waals surface area contributed by atoms with Crippen molar-refractivity contribution in [1.29, 1.82) is 0 Å². The first-order valence-corrected chi connectivity index (χ1v) is 10.6. The fourth-order valence-electron chi connectivity index (χ4n) is 5.51. The number of hydrogen-bond donors (Lipinski definition) is 0. The average Bonchev–Trinajstić information content (AvgIpc) is 2.56. The molecule has 0 spiro atoms. The molecule has 2 atom stereocenters. The fraction of sp³-hybridized carbons (Fsp3) is 1.00. The van der Waals surface area contributed by atoms with E-state index in [9.17, 15) is 0 Å². The maximum Gasteiger partial charge on any atom is 0.00980 e. The van der Waals surface area contributed by atoms with Crippen molar-refractivity contribution in [1.82, 2.24) is 4.90 Å². The van der Waals surface area contributed by atoms with Crippen LogP contribution in [-0.4, -0.2) is 24.0 Å². The Hall–Kier alpha value is -0.0400. The molecule has 0 N–H and O–H groups in total. The standard InChI is InChI=1S/C21H39N/c1-18-9-8-14-21(15-18)22(16-19-10-4-2-5-11-19)17-20-12-6-3-7-13-20/h18-21H,2-17H2,1H3. The molecular formula is C21H39N. The lowest BCUT2D eigenvalue weighted by atomic mass is 9.82. The Morgan fingerprint density at radius 3 is 1.68 bits per heavy atom. The first kappa shape index (κ1) is 16.8. The topological polar surface area (TPSA) is 3.24 Å². The molecule has 0 aromatic heterocycles. The molecule has 1 heteroatoms. The summed E-state index contributed by atoms with van der Waals surface area (Å²) in [5, 5.41) is 0. The summed E-state index contributed by atoms with van der Waals surface area (Å²) in [6, 6.07) is 0.924. The van der Waals surface area contributed by atoms with Crippen LogP contribution in [0.1, 0.15) is 96.8 Å². The van der Waals surface area contributed by atoms with Crippen LogP contribution in [0, 0.1) is 17.8 Å². The molecule has 22 heavy (non-hydrogen) atoms. The van der Waals surface area contributed by atoms with Crippen LogP contribution in [-0.2, 0) is 0 Å². The van der Waals surface area contributed by atoms with Gasteiger partial charge in [0.2, 0.25) is 0 Å². The minimum atomic E-state index is 0.924. The number of nitrogens with zero attached hydrogens (tertiary/aromatic N) is 1. The quantitative estimate of drug-likeness (QED) is 0.599. The molecule has 0 heterocycles. The second-order valence-electron chi connectivity index (χ2n) is 8.89. The van der Waals surface area contributed by atoms with E-state index in [2.05, 4.69) is 11.8 Å². The van der Waals surface area contributed by atoms with Gasteiger partial charge in [0, 0.05) is 19.1 Å². The van der Waals surface area contributed by atoms with Crippen LogP contribution in [0.3, 0.4) is 0 Å². The zero-order valence-corrected chi connectivity index (χ0v) is 15.1. The lowest BCUT2D eigenvalue weighted by Gasteiger charge is -2.41. The zero-order chi connectivity index (χ0) is 15.2. The van der Waals surface area contributed by atoms with E-state index in [1.807, 2.05) is 0 Å². The molecule has 0 radical (unpaired) electrons. The maximum absolute atomic E-state index is 3.00. The molecular weight excluding hydrogens is 266 g/mol. The van der Waals surface area contributed by atoms with Crippen LogP contribution in [0.25, 0.3) is 0 Å². The molecule has 128 valence electrons. The molecule has 0 amide bonds. The summed E-state index contributed by atoms with van der Waals surface area (Å²) in [7, 11) is 0. The van der Waals surface area contributed by atoms with Gasteiger partial charge >= 0.3 is 0 Å². The molecule has 0 aromatic carbocycles. The van der Waals surface area contributed by atoms with Crippen LogP contribution in [0.15, 0.2) is 0 Å². The molecule has 3 fully saturated rings. The molecule has 3 aliphatic carbocycles. The van der Waals surface area contributed by atoms with Crippen molar-refractivity contribution in [3.05, 3.63) is 0 Å². The zero-order valence-electron chi connectivity index (χ0n) is 15.1. The minimum Gasteiger partial charge on any atom is -0.300 e. The summed E-state index contributed by atoms with van der Waals surface area (Å²) >= 11 is 0. The molecule has 3 aliphatic rings. The van der Waals surface area contributed by atoms with Crippen molar-refractivity contribution in [2.75, 3.05) is 13.1 Å². The van der Waals surface area contributed by atoms with Crippen LogP contribution >= 0.6 is 0 Å². The highest BCUT2D eigenvalue weighted by atomic mass is 15.2. The van der Waals surface area contributed by atoms with Gasteiger partial charge in [0.1, 0.15) is 0 Å². The molecule has 0 aromatic rings. The Labute approximate surface area is 139 Å². The molecule has 0 aliphatic heterocycles. The SMILES string of the molecule is CC1CCCC(N(CC2CCCCC2)CC2CCCCC2)C1. The van der Waals surface area contributed by atoms with E-state index in [0.29, 0.717) is 0 Å². The third-order valence-electron chi connectivity index (χ3n) is 6.86. The van der Waals surface area contributed by atoms with Crippen molar-refractivity contribution >= 4 is 0 Å². The highest BCUT2D eigenvalue weighted by molar-refractivity contribution is 4.83. The van der Waals surface area contributed by atoms with Gasteiger partial charge in [-0.3, -0.25) is 4.90 Å². The second-order valence-corrected chi connectivity index (χ2v) is 8.89. The first-order valence-electron chi connectivity index (χ1n) is 10.6. The molecule has 3 rings (SSSR count). The van der Waals surface area contributed by atoms with E-state index in [4.69, 9.17) is 0 Å². The Balaban J connectivity index is 1.58. The largest absolute Gasteiger partial charge is 0.300 e. The van der Waals surface area contributed by atoms with E-state index in [1.165, 1.54) is 103 Å². The van der Waals surface area contributed by atoms with Crippen molar-refractivity contribution in [2.24, 2.45) is 17.8 Å². The Morgan fingerprint density at radius 2 is 1.18 bits per heavy atom. The van der Waals surface area contributed by atoms with Gasteiger partial charge in [-0.1, -0.05) is 58.3 Å². The predicted molar refractivity (Wildman–Crippen MR) is 96.1 cm³/mol. The number of rotatable bonds is 5. The Kier molecular flexibility index (Phi) is 6.65. The van der Waals surface area contributed by atoms with Crippen molar-refractivity contribution in [3.63, 3.8) is 0 Å². The van der Waals surface area contributed by atoms with Crippen molar-refractivity contribution < 1.29 is 0 Å². The second kappa shape index (κ2) is 8.71. The maximum atomic E-state index is 3.00. The third-order valence-corrected chi connectivity index (χ3v) is 6.86. The van der Waals surface area contributed by atoms with Gasteiger partial charge in [0.15, 0.2) is 0 Å². The highest BCUT2D eigenvalue weighted by Crippen LogP contribution is 2.33. The lowest BCUT2D eigenvalue weighted by molar-refractivity contribution is 0.0809. The van der Waals surface area contributed by atoms with Gasteiger partial charge < -0.3 is 0 Å². The summed E-state index contributed by atoms with van der Waals surface area (Å²) in [4.78, 5) is 3.00. The van der Waals surface area contributed by atoms with E-state index in [-0.39, 0.29) is 0 Å². The van der Waals surface area contributed by atoms with Crippen molar-refractivity contribution in [3.8, 4) is 0 Å². The summed E-state index contributed by atoms with van der Waals surface area (Å²) in [6.07, 6.45) is 21.0. The van der Waals surface area contributed by atoms with Crippen molar-refractivity contribution in [2.45, 2.75) is 103 Å². The molecule has 0 bridgehead atoms. The van der Waals surface area contributed by atoms with E-state index in [1.54, 1.807) is 0 Å². The van der Waals surface area contributed by atoms with Gasteiger partial charge in [-0.05, 0) is 56.3 Å². The smallest absolute Gasteiger partial charge is 0.00980 e. The van der Waals surface area contributed by atoms with Gasteiger partial charge in [-0.2, -0.15) is 0 Å². The highest BCUT2D eigenvalue weighted by Gasteiger charge is 2.29. The summed E-state index contributed by atoms with van der Waals surface area (Å²) in [5.74, 6) is 3.02. The summed E-state index contributed by atoms with van der Waals surface area (Å²) in [5.41, 5.74) is 0. The van der Waals surface area contributed by atoms with Crippen LogP contribution in [0.2, 0.25) is 0 Å². The molecule has 0 saturated heterocycles. The van der Waals surface area contributed by atoms with Crippen LogP contribution < -0.4 is 0 Å².